The van der Waals surface area contributed by atoms with Crippen molar-refractivity contribution in [2.45, 2.75) is 56.5 Å². The summed E-state index contributed by atoms with van der Waals surface area (Å²) in [5, 5.41) is 44.2. The number of aromatic amines is 1. The summed E-state index contributed by atoms with van der Waals surface area (Å²) in [4.78, 5) is 67.9. The number of aliphatic carboxylic acids is 2. The fourth-order valence-electron chi connectivity index (χ4n) is 3.38. The number of amides is 3. The maximum Gasteiger partial charge on any atom is 0.328 e. The third-order valence-corrected chi connectivity index (χ3v) is 5.40. The second-order valence-electron chi connectivity index (χ2n) is 8.54. The summed E-state index contributed by atoms with van der Waals surface area (Å²) in [6.07, 6.45) is 0.390. The number of benzene rings is 1. The van der Waals surface area contributed by atoms with E-state index in [9.17, 15) is 44.4 Å². The number of nitrogens with zero attached hydrogens (tertiary/aromatic N) is 1. The van der Waals surface area contributed by atoms with E-state index in [1.54, 1.807) is 0 Å². The molecule has 0 aliphatic carbocycles. The van der Waals surface area contributed by atoms with Crippen LogP contribution >= 0.6 is 0 Å². The number of hydrogen-bond donors (Lipinski definition) is 9. The molecular weight excluding hydrogens is 504 g/mol. The molecule has 5 atom stereocenters. The Bertz CT molecular complexity index is 1120. The zero-order valence-electron chi connectivity index (χ0n) is 20.3. The molecule has 0 bridgehead atoms. The van der Waals surface area contributed by atoms with Gasteiger partial charge in [0, 0.05) is 24.7 Å². The number of phenols is 1. The zero-order valence-corrected chi connectivity index (χ0v) is 20.3. The van der Waals surface area contributed by atoms with Gasteiger partial charge >= 0.3 is 11.9 Å². The van der Waals surface area contributed by atoms with Crippen molar-refractivity contribution >= 4 is 29.7 Å². The SMILES string of the molecule is CC(O)C(NC(=O)C(CC(=O)O)NC(=O)C(Cc1ccc(O)cc1)NC(=O)C(N)Cc1cnc[nH]1)C(=O)O. The van der Waals surface area contributed by atoms with Crippen molar-refractivity contribution in [2.75, 3.05) is 0 Å². The van der Waals surface area contributed by atoms with Gasteiger partial charge in [-0.2, -0.15) is 0 Å². The standard InChI is InChI=1S/C23H30N6O9/c1-11(30)19(23(37)38)29-22(36)17(8-18(32)33)28-21(35)16(6-12-2-4-14(31)5-3-12)27-20(34)15(24)7-13-9-25-10-26-13/h2-5,9-11,15-17,19,30-31H,6-8,24H2,1H3,(H,25,26)(H,27,34)(H,28,35)(H,29,36)(H,32,33)(H,37,38). The molecule has 10 N–H and O–H groups in total. The summed E-state index contributed by atoms with van der Waals surface area (Å²) >= 11 is 0. The van der Waals surface area contributed by atoms with Crippen LogP contribution in [-0.4, -0.2) is 90.3 Å². The summed E-state index contributed by atoms with van der Waals surface area (Å²) in [5.74, 6) is -5.93. The summed E-state index contributed by atoms with van der Waals surface area (Å²) in [5.41, 5.74) is 7.02. The second kappa shape index (κ2) is 13.7. The Labute approximate surface area is 216 Å². The molecule has 5 unspecified atom stereocenters. The Morgan fingerprint density at radius 3 is 2.08 bits per heavy atom. The highest BCUT2D eigenvalue weighted by molar-refractivity contribution is 5.95. The first kappa shape index (κ1) is 29.7. The number of hydrogen-bond acceptors (Lipinski definition) is 9. The molecule has 38 heavy (non-hydrogen) atoms. The van der Waals surface area contributed by atoms with Crippen LogP contribution in [0, 0.1) is 0 Å². The molecule has 2 aromatic rings. The lowest BCUT2D eigenvalue weighted by molar-refractivity contribution is -0.146. The number of carbonyl (C=O) groups excluding carboxylic acids is 3. The summed E-state index contributed by atoms with van der Waals surface area (Å²) in [6, 6.07) is -0.219. The zero-order chi connectivity index (χ0) is 28.4. The smallest absolute Gasteiger partial charge is 0.328 e. The number of phenolic OH excluding ortho intramolecular Hbond substituents is 1. The van der Waals surface area contributed by atoms with Crippen LogP contribution in [0.2, 0.25) is 0 Å². The van der Waals surface area contributed by atoms with Crippen LogP contribution in [-0.2, 0) is 36.8 Å². The van der Waals surface area contributed by atoms with Crippen molar-refractivity contribution in [2.24, 2.45) is 5.73 Å². The predicted octanol–water partition coefficient (Wildman–Crippen LogP) is -2.38. The Hall–Kier alpha value is -4.50. The average Bonchev–Trinajstić information content (AvgIpc) is 3.35. The molecule has 0 fully saturated rings. The van der Waals surface area contributed by atoms with Gasteiger partial charge in [0.25, 0.3) is 0 Å². The maximum absolute atomic E-state index is 13.2. The van der Waals surface area contributed by atoms with Crippen LogP contribution in [0.1, 0.15) is 24.6 Å². The third kappa shape index (κ3) is 9.18. The number of aromatic nitrogens is 2. The van der Waals surface area contributed by atoms with E-state index >= 15 is 0 Å². The van der Waals surface area contributed by atoms with Gasteiger partial charge in [-0.15, -0.1) is 0 Å². The minimum atomic E-state index is -1.76. The fourth-order valence-corrected chi connectivity index (χ4v) is 3.38. The molecule has 206 valence electrons. The molecule has 0 aliphatic heterocycles. The highest BCUT2D eigenvalue weighted by Crippen LogP contribution is 2.12. The quantitative estimate of drug-likeness (QED) is 0.124. The van der Waals surface area contributed by atoms with Gasteiger partial charge < -0.3 is 47.1 Å². The number of H-pyrrole nitrogens is 1. The maximum atomic E-state index is 13.2. The summed E-state index contributed by atoms with van der Waals surface area (Å²) in [7, 11) is 0. The highest BCUT2D eigenvalue weighted by atomic mass is 16.4. The predicted molar refractivity (Wildman–Crippen MR) is 129 cm³/mol. The molecular formula is C23H30N6O9. The van der Waals surface area contributed by atoms with Gasteiger partial charge in [0.05, 0.1) is 24.9 Å². The minimum Gasteiger partial charge on any atom is -0.508 e. The van der Waals surface area contributed by atoms with E-state index < -0.39 is 66.4 Å². The summed E-state index contributed by atoms with van der Waals surface area (Å²) in [6.45, 7) is 1.11. The van der Waals surface area contributed by atoms with Crippen molar-refractivity contribution in [1.82, 2.24) is 25.9 Å². The van der Waals surface area contributed by atoms with E-state index in [0.717, 1.165) is 6.92 Å². The van der Waals surface area contributed by atoms with Gasteiger partial charge in [0.2, 0.25) is 17.7 Å². The Morgan fingerprint density at radius 1 is 0.947 bits per heavy atom. The molecule has 1 aromatic heterocycles. The Morgan fingerprint density at radius 2 is 1.55 bits per heavy atom. The number of nitrogens with one attached hydrogen (secondary N) is 4. The monoisotopic (exact) mass is 534 g/mol. The number of aliphatic hydroxyl groups is 1. The van der Waals surface area contributed by atoms with Crippen LogP contribution in [0.25, 0.3) is 0 Å². The van der Waals surface area contributed by atoms with Crippen molar-refractivity contribution in [3.63, 3.8) is 0 Å². The number of imidazole rings is 1. The number of aliphatic hydroxyl groups excluding tert-OH is 1. The first-order chi connectivity index (χ1) is 17.9. The molecule has 0 saturated carbocycles. The molecule has 0 saturated heterocycles. The van der Waals surface area contributed by atoms with Gasteiger partial charge in [-0.25, -0.2) is 9.78 Å². The van der Waals surface area contributed by atoms with Crippen molar-refractivity contribution in [3.8, 4) is 5.75 Å². The lowest BCUT2D eigenvalue weighted by atomic mass is 10.0. The van der Waals surface area contributed by atoms with Crippen LogP contribution < -0.4 is 21.7 Å². The number of rotatable bonds is 14. The Balaban J connectivity index is 2.23. The summed E-state index contributed by atoms with van der Waals surface area (Å²) < 4.78 is 0. The fraction of sp³-hybridized carbons (Fsp3) is 0.391. The number of aromatic hydroxyl groups is 1. The molecule has 0 spiro atoms. The van der Waals surface area contributed by atoms with E-state index in [1.807, 2.05) is 5.32 Å². The number of carboxylic acids is 2. The third-order valence-electron chi connectivity index (χ3n) is 5.40. The van der Waals surface area contributed by atoms with Gasteiger partial charge in [-0.3, -0.25) is 19.2 Å². The molecule has 1 heterocycles. The minimum absolute atomic E-state index is 0.0374. The van der Waals surface area contributed by atoms with Crippen molar-refractivity contribution in [3.05, 3.63) is 48.0 Å². The number of carboxylic acid groups (broad SMARTS) is 2. The van der Waals surface area contributed by atoms with E-state index in [0.29, 0.717) is 11.3 Å². The molecule has 3 amide bonds. The van der Waals surface area contributed by atoms with E-state index in [4.69, 9.17) is 5.73 Å². The second-order valence-corrected chi connectivity index (χ2v) is 8.54. The normalized spacial score (nSPS) is 14.8. The van der Waals surface area contributed by atoms with Gasteiger partial charge in [0.15, 0.2) is 6.04 Å². The van der Waals surface area contributed by atoms with Gasteiger partial charge in [-0.1, -0.05) is 12.1 Å². The van der Waals surface area contributed by atoms with Gasteiger partial charge in [-0.05, 0) is 24.6 Å². The Kier molecular flexibility index (Phi) is 10.7. The largest absolute Gasteiger partial charge is 0.508 e. The molecule has 1 aromatic carbocycles. The molecule has 15 nitrogen and oxygen atoms in total. The number of nitrogens with two attached hydrogens (primary N) is 1. The molecule has 15 heteroatoms. The van der Waals surface area contributed by atoms with E-state index in [2.05, 4.69) is 20.6 Å². The first-order valence-corrected chi connectivity index (χ1v) is 11.4. The van der Waals surface area contributed by atoms with Gasteiger partial charge in [0.1, 0.15) is 17.8 Å². The lowest BCUT2D eigenvalue weighted by Crippen LogP contribution is -2.59. The van der Waals surface area contributed by atoms with Crippen LogP contribution in [0.4, 0.5) is 0 Å². The highest BCUT2D eigenvalue weighted by Gasteiger charge is 2.33. The first-order valence-electron chi connectivity index (χ1n) is 11.4. The average molecular weight is 535 g/mol. The molecule has 0 radical (unpaired) electrons. The number of carbonyl (C=O) groups is 5. The molecule has 0 aliphatic rings. The van der Waals surface area contributed by atoms with Crippen molar-refractivity contribution < 1.29 is 44.4 Å². The van der Waals surface area contributed by atoms with Crippen LogP contribution in [0.5, 0.6) is 5.75 Å². The van der Waals surface area contributed by atoms with E-state index in [1.165, 1.54) is 36.8 Å². The lowest BCUT2D eigenvalue weighted by Gasteiger charge is -2.25. The van der Waals surface area contributed by atoms with Crippen LogP contribution in [0.3, 0.4) is 0 Å². The molecule has 2 rings (SSSR count). The van der Waals surface area contributed by atoms with Crippen LogP contribution in [0.15, 0.2) is 36.8 Å². The van der Waals surface area contributed by atoms with E-state index in [-0.39, 0.29) is 18.6 Å². The topological polar surface area (TPSA) is 257 Å². The van der Waals surface area contributed by atoms with Crippen molar-refractivity contribution in [1.29, 1.82) is 0 Å².